The first-order valence-corrected chi connectivity index (χ1v) is 11.9. The highest BCUT2D eigenvalue weighted by molar-refractivity contribution is 5.90. The normalized spacial score (nSPS) is 17.8. The van der Waals surface area contributed by atoms with Gasteiger partial charge in [-0.05, 0) is 37.1 Å². The summed E-state index contributed by atoms with van der Waals surface area (Å²) in [6.45, 7) is 12.6. The maximum absolute atomic E-state index is 5.59. The molecule has 6 rings (SSSR count). The fourth-order valence-corrected chi connectivity index (χ4v) is 5.73. The SMILES string of the molecule is CCCN1CC2(C1)CN(c1ccc3[nH]c(-c4cc(OC)c5ncnn5c4)c(C(C)C)c3n1)C2. The van der Waals surface area contributed by atoms with Gasteiger partial charge in [-0.15, -0.1) is 0 Å². The summed E-state index contributed by atoms with van der Waals surface area (Å²) in [6.07, 6.45) is 4.79. The van der Waals surface area contributed by atoms with Crippen molar-refractivity contribution in [3.05, 3.63) is 36.3 Å². The number of likely N-dealkylation sites (tertiary alicyclic amines) is 1. The smallest absolute Gasteiger partial charge is 0.197 e. The van der Waals surface area contributed by atoms with Gasteiger partial charge >= 0.3 is 0 Å². The largest absolute Gasteiger partial charge is 0.493 e. The van der Waals surface area contributed by atoms with Crippen molar-refractivity contribution in [2.45, 2.75) is 33.1 Å². The quantitative estimate of drug-likeness (QED) is 0.485. The maximum Gasteiger partial charge on any atom is 0.197 e. The van der Waals surface area contributed by atoms with E-state index in [1.54, 1.807) is 18.0 Å². The predicted octanol–water partition coefficient (Wildman–Crippen LogP) is 3.94. The molecule has 8 nitrogen and oxygen atoms in total. The van der Waals surface area contributed by atoms with Gasteiger partial charge in [-0.2, -0.15) is 5.10 Å². The van der Waals surface area contributed by atoms with Gasteiger partial charge < -0.3 is 19.5 Å². The molecule has 8 heteroatoms. The van der Waals surface area contributed by atoms with Crippen molar-refractivity contribution in [1.82, 2.24) is 29.5 Å². The zero-order chi connectivity index (χ0) is 22.7. The van der Waals surface area contributed by atoms with Gasteiger partial charge in [-0.1, -0.05) is 20.8 Å². The summed E-state index contributed by atoms with van der Waals surface area (Å²) in [4.78, 5) is 18.1. The number of anilines is 1. The molecule has 2 fully saturated rings. The van der Waals surface area contributed by atoms with Crippen LogP contribution in [-0.4, -0.2) is 69.3 Å². The molecule has 2 saturated heterocycles. The Morgan fingerprint density at radius 2 is 2.00 bits per heavy atom. The third kappa shape index (κ3) is 3.19. The van der Waals surface area contributed by atoms with Crippen LogP contribution in [-0.2, 0) is 0 Å². The molecule has 0 unspecified atom stereocenters. The van der Waals surface area contributed by atoms with Gasteiger partial charge in [0.1, 0.15) is 12.1 Å². The van der Waals surface area contributed by atoms with Crippen LogP contribution in [0.5, 0.6) is 5.75 Å². The summed E-state index contributed by atoms with van der Waals surface area (Å²) in [5.74, 6) is 2.10. The van der Waals surface area contributed by atoms with Crippen LogP contribution >= 0.6 is 0 Å². The lowest BCUT2D eigenvalue weighted by atomic mass is 9.73. The second-order valence-corrected chi connectivity index (χ2v) is 10.0. The third-order valence-electron chi connectivity index (χ3n) is 7.13. The Bertz CT molecular complexity index is 1320. The van der Waals surface area contributed by atoms with E-state index < -0.39 is 0 Å². The Morgan fingerprint density at radius 1 is 1.18 bits per heavy atom. The highest BCUT2D eigenvalue weighted by Crippen LogP contribution is 2.43. The van der Waals surface area contributed by atoms with E-state index in [-0.39, 0.29) is 0 Å². The number of nitrogens with one attached hydrogen (secondary N) is 1. The van der Waals surface area contributed by atoms with Crippen molar-refractivity contribution in [2.75, 3.05) is 44.7 Å². The number of H-pyrrole nitrogens is 1. The van der Waals surface area contributed by atoms with Crippen molar-refractivity contribution in [3.63, 3.8) is 0 Å². The molecule has 6 heterocycles. The number of hydrogen-bond acceptors (Lipinski definition) is 6. The molecular weight excluding hydrogens is 414 g/mol. The summed E-state index contributed by atoms with van der Waals surface area (Å²) in [5, 5.41) is 4.33. The summed E-state index contributed by atoms with van der Waals surface area (Å²) < 4.78 is 7.36. The van der Waals surface area contributed by atoms with Gasteiger partial charge in [0.15, 0.2) is 11.4 Å². The second-order valence-electron chi connectivity index (χ2n) is 10.0. The average Bonchev–Trinajstić information content (AvgIpc) is 3.37. The van der Waals surface area contributed by atoms with E-state index in [2.05, 4.69) is 57.8 Å². The Morgan fingerprint density at radius 3 is 2.73 bits per heavy atom. The van der Waals surface area contributed by atoms with E-state index in [0.717, 1.165) is 41.2 Å². The molecule has 0 bridgehead atoms. The standard InChI is InChI=1S/C25H31N7O/c1-5-8-30-11-25(12-30)13-31(14-25)20-7-6-18-23(29-20)21(16(2)3)22(28-18)17-9-19(33-4)24-26-15-27-32(24)10-17/h6-7,9-10,15-16,28H,5,8,11-14H2,1-4H3. The molecule has 1 spiro atoms. The molecule has 0 radical (unpaired) electrons. The molecule has 4 aromatic heterocycles. The van der Waals surface area contributed by atoms with Crippen LogP contribution in [0.1, 0.15) is 38.7 Å². The van der Waals surface area contributed by atoms with Crippen LogP contribution in [0.25, 0.3) is 27.9 Å². The first-order valence-electron chi connectivity index (χ1n) is 11.9. The third-order valence-corrected chi connectivity index (χ3v) is 7.13. The minimum Gasteiger partial charge on any atom is -0.493 e. The summed E-state index contributed by atoms with van der Waals surface area (Å²) >= 11 is 0. The van der Waals surface area contributed by atoms with Crippen molar-refractivity contribution in [3.8, 4) is 17.0 Å². The summed E-state index contributed by atoms with van der Waals surface area (Å²) in [7, 11) is 1.67. The molecule has 0 atom stereocenters. The molecule has 2 aliphatic heterocycles. The van der Waals surface area contributed by atoms with Gasteiger partial charge in [-0.3, -0.25) is 0 Å². The Kier molecular flexibility index (Phi) is 4.62. The van der Waals surface area contributed by atoms with Gasteiger partial charge in [-0.25, -0.2) is 14.5 Å². The minimum absolute atomic E-state index is 0.311. The lowest BCUT2D eigenvalue weighted by Gasteiger charge is -2.60. The van der Waals surface area contributed by atoms with E-state index in [1.165, 1.54) is 31.6 Å². The van der Waals surface area contributed by atoms with E-state index in [9.17, 15) is 0 Å². The summed E-state index contributed by atoms with van der Waals surface area (Å²) in [6, 6.07) is 6.36. The predicted molar refractivity (Wildman–Crippen MR) is 130 cm³/mol. The van der Waals surface area contributed by atoms with Crippen LogP contribution in [0.2, 0.25) is 0 Å². The second kappa shape index (κ2) is 7.45. The van der Waals surface area contributed by atoms with Crippen LogP contribution in [0.4, 0.5) is 5.82 Å². The molecule has 0 amide bonds. The molecular formula is C25H31N7O. The minimum atomic E-state index is 0.311. The maximum atomic E-state index is 5.59. The molecule has 2 aliphatic rings. The van der Waals surface area contributed by atoms with Gasteiger partial charge in [0.25, 0.3) is 0 Å². The fraction of sp³-hybridized carbons (Fsp3) is 0.480. The number of pyridine rings is 2. The molecule has 0 aromatic carbocycles. The number of hydrogen-bond donors (Lipinski definition) is 1. The van der Waals surface area contributed by atoms with E-state index in [0.29, 0.717) is 22.7 Å². The van der Waals surface area contributed by atoms with Crippen LogP contribution in [0.15, 0.2) is 30.7 Å². The van der Waals surface area contributed by atoms with Gasteiger partial charge in [0.2, 0.25) is 0 Å². The molecule has 1 N–H and O–H groups in total. The van der Waals surface area contributed by atoms with Gasteiger partial charge in [0, 0.05) is 48.9 Å². The lowest BCUT2D eigenvalue weighted by Crippen LogP contribution is -2.72. The lowest BCUT2D eigenvalue weighted by molar-refractivity contribution is -0.0215. The highest BCUT2D eigenvalue weighted by atomic mass is 16.5. The number of rotatable bonds is 6. The van der Waals surface area contributed by atoms with Crippen LogP contribution < -0.4 is 9.64 Å². The molecule has 172 valence electrons. The van der Waals surface area contributed by atoms with Crippen molar-refractivity contribution < 1.29 is 4.74 Å². The monoisotopic (exact) mass is 445 g/mol. The number of methoxy groups -OCH3 is 1. The van der Waals surface area contributed by atoms with Crippen molar-refractivity contribution >= 4 is 22.5 Å². The highest BCUT2D eigenvalue weighted by Gasteiger charge is 2.51. The van der Waals surface area contributed by atoms with E-state index in [1.807, 2.05) is 12.3 Å². The zero-order valence-corrected chi connectivity index (χ0v) is 19.8. The molecule has 33 heavy (non-hydrogen) atoms. The number of ether oxygens (including phenoxy) is 1. The number of aromatic nitrogens is 5. The number of fused-ring (bicyclic) bond motifs is 2. The first-order chi connectivity index (χ1) is 16.0. The average molecular weight is 446 g/mol. The first kappa shape index (κ1) is 20.5. The topological polar surface area (TPSA) is 74.6 Å². The van der Waals surface area contributed by atoms with Crippen LogP contribution in [0.3, 0.4) is 0 Å². The molecule has 0 saturated carbocycles. The van der Waals surface area contributed by atoms with Crippen LogP contribution in [0, 0.1) is 5.41 Å². The molecule has 0 aliphatic carbocycles. The summed E-state index contributed by atoms with van der Waals surface area (Å²) in [5.41, 5.74) is 6.61. The zero-order valence-electron chi connectivity index (χ0n) is 19.8. The van der Waals surface area contributed by atoms with Gasteiger partial charge in [0.05, 0.1) is 23.8 Å². The van der Waals surface area contributed by atoms with E-state index in [4.69, 9.17) is 9.72 Å². The molecule has 4 aromatic rings. The number of nitrogens with zero attached hydrogens (tertiary/aromatic N) is 6. The Hall–Kier alpha value is -3.13. The Balaban J connectivity index is 1.35. The van der Waals surface area contributed by atoms with Crippen molar-refractivity contribution in [2.24, 2.45) is 5.41 Å². The Labute approximate surface area is 193 Å². The van der Waals surface area contributed by atoms with E-state index >= 15 is 0 Å². The van der Waals surface area contributed by atoms with Crippen molar-refractivity contribution in [1.29, 1.82) is 0 Å². The fourth-order valence-electron chi connectivity index (χ4n) is 5.73. The number of aromatic amines is 1.